The van der Waals surface area contributed by atoms with E-state index in [1.165, 1.54) is 0 Å². The largest absolute Gasteiger partial charge is 0.445 e. The first kappa shape index (κ1) is 24.2. The van der Waals surface area contributed by atoms with E-state index in [-0.39, 0.29) is 10.0 Å². The quantitative estimate of drug-likeness (QED) is 0.639. The molecule has 32 heavy (non-hydrogen) atoms. The maximum atomic E-state index is 13.0. The molecule has 170 valence electrons. The molecule has 2 rings (SSSR count). The van der Waals surface area contributed by atoms with E-state index in [2.05, 4.69) is 10.6 Å². The Kier molecular flexibility index (Phi) is 8.58. The smallest absolute Gasteiger partial charge is 0.438 e. The van der Waals surface area contributed by atoms with Crippen LogP contribution in [0, 0.1) is 0 Å². The van der Waals surface area contributed by atoms with E-state index < -0.39 is 36.5 Å². The van der Waals surface area contributed by atoms with Crippen LogP contribution in [-0.2, 0) is 9.47 Å². The second-order valence-electron chi connectivity index (χ2n) is 7.08. The summed E-state index contributed by atoms with van der Waals surface area (Å²) in [6.45, 7) is 6.25. The van der Waals surface area contributed by atoms with E-state index in [1.807, 2.05) is 0 Å². The highest BCUT2D eigenvalue weighted by atomic mass is 16.6. The molecule has 2 aromatic carbocycles. The molecule has 2 N–H and O–H groups in total. The molecule has 0 atom stereocenters. The lowest BCUT2D eigenvalue weighted by molar-refractivity contribution is 0.00879. The van der Waals surface area contributed by atoms with Gasteiger partial charge in [0.05, 0.1) is 12.2 Å². The topological polar surface area (TPSA) is 117 Å². The van der Waals surface area contributed by atoms with Crippen LogP contribution in [0.1, 0.15) is 27.7 Å². The third kappa shape index (κ3) is 7.01. The number of hydrogen-bond donors (Lipinski definition) is 2. The Balaban J connectivity index is 2.43. The molecule has 0 radical (unpaired) electrons. The fourth-order valence-electron chi connectivity index (χ4n) is 2.41. The van der Waals surface area contributed by atoms with Gasteiger partial charge in [-0.2, -0.15) is 0 Å². The number of hydrazine groups is 1. The number of carbonyl (C=O) groups excluding carboxylic acids is 4. The van der Waals surface area contributed by atoms with Crippen LogP contribution < -0.4 is 10.6 Å². The van der Waals surface area contributed by atoms with Crippen LogP contribution in [0.2, 0.25) is 0 Å². The third-order valence-corrected chi connectivity index (χ3v) is 3.65. The molecule has 0 saturated heterocycles. The van der Waals surface area contributed by atoms with Crippen LogP contribution in [0.25, 0.3) is 0 Å². The first-order chi connectivity index (χ1) is 15.2. The zero-order valence-corrected chi connectivity index (χ0v) is 18.3. The number of imide groups is 2. The van der Waals surface area contributed by atoms with Gasteiger partial charge in [-0.05, 0) is 52.0 Å². The lowest BCUT2D eigenvalue weighted by Gasteiger charge is -2.30. The predicted octanol–water partition coefficient (Wildman–Crippen LogP) is 5.06. The maximum absolute atomic E-state index is 13.0. The van der Waals surface area contributed by atoms with E-state index in [9.17, 15) is 19.2 Å². The van der Waals surface area contributed by atoms with Crippen molar-refractivity contribution < 1.29 is 28.7 Å². The minimum absolute atomic E-state index is 0.260. The van der Waals surface area contributed by atoms with Gasteiger partial charge in [0.15, 0.2) is 0 Å². The van der Waals surface area contributed by atoms with E-state index in [0.29, 0.717) is 11.4 Å². The molecule has 0 saturated carbocycles. The number of rotatable bonds is 4. The van der Waals surface area contributed by atoms with E-state index in [4.69, 9.17) is 9.47 Å². The van der Waals surface area contributed by atoms with Crippen molar-refractivity contribution in [3.63, 3.8) is 0 Å². The Bertz CT molecular complexity index is 856. The van der Waals surface area contributed by atoms with Crippen molar-refractivity contribution in [3.05, 3.63) is 60.7 Å². The van der Waals surface area contributed by atoms with Gasteiger partial charge in [0, 0.05) is 11.4 Å². The first-order valence-corrected chi connectivity index (χ1v) is 9.92. The standard InChI is InChI=1S/C22H26N4O6/c1-15(2)31-21(29)25(19(27)23-17-11-7-5-8-12-17)26(22(30)32-16(3)4)20(28)24-18-13-9-6-10-14-18/h5-16H,1-4H3,(H,23,27)(H,24,28). The Morgan fingerprint density at radius 3 is 1.22 bits per heavy atom. The minimum Gasteiger partial charge on any atom is -0.445 e. The number of nitrogens with zero attached hydrogens (tertiary/aromatic N) is 2. The summed E-state index contributed by atoms with van der Waals surface area (Å²) in [5.74, 6) is 0. The number of benzene rings is 2. The highest BCUT2D eigenvalue weighted by molar-refractivity contribution is 6.06. The molecule has 0 aliphatic heterocycles. The van der Waals surface area contributed by atoms with Gasteiger partial charge in [0.25, 0.3) is 0 Å². The van der Waals surface area contributed by atoms with E-state index in [1.54, 1.807) is 88.4 Å². The van der Waals surface area contributed by atoms with Gasteiger partial charge in [-0.15, -0.1) is 10.0 Å². The van der Waals surface area contributed by atoms with Crippen LogP contribution in [-0.4, -0.2) is 46.5 Å². The normalized spacial score (nSPS) is 10.3. The van der Waals surface area contributed by atoms with Crippen LogP contribution in [0.15, 0.2) is 60.7 Å². The number of ether oxygens (including phenoxy) is 2. The monoisotopic (exact) mass is 442 g/mol. The van der Waals surface area contributed by atoms with Gasteiger partial charge in [-0.3, -0.25) is 0 Å². The molecule has 0 fully saturated rings. The van der Waals surface area contributed by atoms with Crippen molar-refractivity contribution in [1.29, 1.82) is 0 Å². The van der Waals surface area contributed by atoms with Gasteiger partial charge in [-0.25, -0.2) is 19.2 Å². The Hall–Kier alpha value is -4.08. The van der Waals surface area contributed by atoms with Crippen LogP contribution >= 0.6 is 0 Å². The van der Waals surface area contributed by atoms with Crippen LogP contribution in [0.3, 0.4) is 0 Å². The average Bonchev–Trinajstić information content (AvgIpc) is 2.71. The molecule has 0 aromatic heterocycles. The van der Waals surface area contributed by atoms with Gasteiger partial charge in [-0.1, -0.05) is 36.4 Å². The lowest BCUT2D eigenvalue weighted by Crippen LogP contribution is -2.58. The molecule has 6 amide bonds. The summed E-state index contributed by atoms with van der Waals surface area (Å²) in [5.41, 5.74) is 0.668. The summed E-state index contributed by atoms with van der Waals surface area (Å²) in [7, 11) is 0. The molecule has 0 aliphatic carbocycles. The molecular weight excluding hydrogens is 416 g/mol. The van der Waals surface area contributed by atoms with Crippen molar-refractivity contribution in [3.8, 4) is 0 Å². The van der Waals surface area contributed by atoms with E-state index in [0.717, 1.165) is 0 Å². The Morgan fingerprint density at radius 2 is 0.938 bits per heavy atom. The molecule has 0 heterocycles. The molecule has 10 heteroatoms. The lowest BCUT2D eigenvalue weighted by atomic mass is 10.3. The van der Waals surface area contributed by atoms with Crippen LogP contribution in [0.4, 0.5) is 30.6 Å². The Labute approximate surface area is 186 Å². The summed E-state index contributed by atoms with van der Waals surface area (Å²) in [6.07, 6.45) is -3.74. The fraction of sp³-hybridized carbons (Fsp3) is 0.273. The van der Waals surface area contributed by atoms with Crippen molar-refractivity contribution in [2.24, 2.45) is 0 Å². The van der Waals surface area contributed by atoms with Crippen molar-refractivity contribution in [1.82, 2.24) is 10.0 Å². The summed E-state index contributed by atoms with van der Waals surface area (Å²) < 4.78 is 10.2. The van der Waals surface area contributed by atoms with Crippen molar-refractivity contribution in [2.45, 2.75) is 39.9 Å². The molecule has 0 bridgehead atoms. The number of anilines is 2. The molecule has 10 nitrogen and oxygen atoms in total. The number of amides is 6. The minimum atomic E-state index is -1.24. The molecular formula is C22H26N4O6. The molecule has 0 unspecified atom stereocenters. The predicted molar refractivity (Wildman–Crippen MR) is 118 cm³/mol. The number of para-hydroxylation sites is 2. The zero-order chi connectivity index (χ0) is 23.7. The molecule has 0 aliphatic rings. The third-order valence-electron chi connectivity index (χ3n) is 3.65. The van der Waals surface area contributed by atoms with Crippen LogP contribution in [0.5, 0.6) is 0 Å². The summed E-state index contributed by atoms with van der Waals surface area (Å²) in [4.78, 5) is 51.6. The first-order valence-electron chi connectivity index (χ1n) is 9.92. The summed E-state index contributed by atoms with van der Waals surface area (Å²) in [5, 5.41) is 5.44. The molecule has 0 spiro atoms. The highest BCUT2D eigenvalue weighted by Crippen LogP contribution is 2.15. The zero-order valence-electron chi connectivity index (χ0n) is 18.3. The van der Waals surface area contributed by atoms with E-state index >= 15 is 0 Å². The second kappa shape index (κ2) is 11.3. The maximum Gasteiger partial charge on any atom is 0.438 e. The number of hydrogen-bond acceptors (Lipinski definition) is 6. The van der Waals surface area contributed by atoms with Crippen molar-refractivity contribution in [2.75, 3.05) is 10.6 Å². The van der Waals surface area contributed by atoms with Gasteiger partial charge >= 0.3 is 24.2 Å². The number of urea groups is 2. The van der Waals surface area contributed by atoms with Gasteiger partial charge in [0.2, 0.25) is 0 Å². The van der Waals surface area contributed by atoms with Crippen molar-refractivity contribution >= 4 is 35.6 Å². The molecule has 2 aromatic rings. The second-order valence-corrected chi connectivity index (χ2v) is 7.08. The highest BCUT2D eigenvalue weighted by Gasteiger charge is 2.40. The van der Waals surface area contributed by atoms with Gasteiger partial charge in [0.1, 0.15) is 0 Å². The fourth-order valence-corrected chi connectivity index (χ4v) is 2.41. The average molecular weight is 442 g/mol. The SMILES string of the molecule is CC(C)OC(=O)N(C(=O)Nc1ccccc1)N(C(=O)Nc1ccccc1)C(=O)OC(C)C. The summed E-state index contributed by atoms with van der Waals surface area (Å²) >= 11 is 0. The summed E-state index contributed by atoms with van der Waals surface area (Å²) in [6, 6.07) is 14.2. The Morgan fingerprint density at radius 1 is 0.625 bits per heavy atom. The van der Waals surface area contributed by atoms with Gasteiger partial charge < -0.3 is 20.1 Å². The number of nitrogens with one attached hydrogen (secondary N) is 2. The number of carbonyl (C=O) groups is 4.